The highest BCUT2D eigenvalue weighted by Crippen LogP contribution is 2.40. The van der Waals surface area contributed by atoms with Crippen LogP contribution in [-0.4, -0.2) is 39.8 Å². The largest absolute Gasteiger partial charge is 0.496 e. The fourth-order valence-electron chi connectivity index (χ4n) is 2.71. The van der Waals surface area contributed by atoms with Crippen LogP contribution in [0.1, 0.15) is 16.6 Å². The number of thioether (sulfide) groups is 1. The van der Waals surface area contributed by atoms with E-state index in [1.54, 1.807) is 25.8 Å². The van der Waals surface area contributed by atoms with Gasteiger partial charge in [-0.3, -0.25) is 14.2 Å². The first-order valence-electron chi connectivity index (χ1n) is 7.77. The van der Waals surface area contributed by atoms with Gasteiger partial charge >= 0.3 is 0 Å². The lowest BCUT2D eigenvalue weighted by Gasteiger charge is -2.25. The first-order chi connectivity index (χ1) is 12.0. The fraction of sp³-hybridized carbons (Fsp3) is 0.353. The SMILES string of the molecule is COc1ccc(C2SCCN2C(=O)Cn2cnc(C)cc2=O)cc1Br. The van der Waals surface area contributed by atoms with E-state index in [0.717, 1.165) is 21.5 Å². The summed E-state index contributed by atoms with van der Waals surface area (Å²) in [6.07, 6.45) is 1.43. The van der Waals surface area contributed by atoms with Crippen molar-refractivity contribution in [2.24, 2.45) is 0 Å². The van der Waals surface area contributed by atoms with Gasteiger partial charge in [-0.2, -0.15) is 0 Å². The number of carbonyl (C=O) groups is 1. The number of hydrogen-bond acceptors (Lipinski definition) is 5. The molecule has 1 aliphatic rings. The monoisotopic (exact) mass is 423 g/mol. The van der Waals surface area contributed by atoms with E-state index in [9.17, 15) is 9.59 Å². The number of aryl methyl sites for hydroxylation is 1. The molecule has 0 saturated carbocycles. The van der Waals surface area contributed by atoms with Crippen molar-refractivity contribution >= 4 is 33.6 Å². The van der Waals surface area contributed by atoms with Gasteiger partial charge in [0.25, 0.3) is 5.56 Å². The summed E-state index contributed by atoms with van der Waals surface area (Å²) in [6.45, 7) is 2.41. The average Bonchev–Trinajstić information content (AvgIpc) is 3.07. The molecule has 0 aliphatic carbocycles. The summed E-state index contributed by atoms with van der Waals surface area (Å²) >= 11 is 5.20. The first-order valence-corrected chi connectivity index (χ1v) is 9.61. The minimum absolute atomic E-state index is 0.000494. The Morgan fingerprint density at radius 2 is 2.24 bits per heavy atom. The summed E-state index contributed by atoms with van der Waals surface area (Å²) in [7, 11) is 1.62. The zero-order chi connectivity index (χ0) is 18.0. The fourth-order valence-corrected chi connectivity index (χ4v) is 4.54. The molecule has 0 spiro atoms. The van der Waals surface area contributed by atoms with Crippen LogP contribution in [0, 0.1) is 6.92 Å². The van der Waals surface area contributed by atoms with Crippen molar-refractivity contribution < 1.29 is 9.53 Å². The van der Waals surface area contributed by atoms with Crippen LogP contribution >= 0.6 is 27.7 Å². The molecule has 0 radical (unpaired) electrons. The van der Waals surface area contributed by atoms with Crippen molar-refractivity contribution in [1.29, 1.82) is 0 Å². The Balaban J connectivity index is 1.80. The number of benzene rings is 1. The van der Waals surface area contributed by atoms with Gasteiger partial charge in [-0.25, -0.2) is 4.98 Å². The summed E-state index contributed by atoms with van der Waals surface area (Å²) in [5.41, 5.74) is 1.46. The van der Waals surface area contributed by atoms with Crippen molar-refractivity contribution in [3.63, 3.8) is 0 Å². The Kier molecular flexibility index (Phi) is 5.48. The summed E-state index contributed by atoms with van der Waals surface area (Å²) in [5.74, 6) is 1.53. The summed E-state index contributed by atoms with van der Waals surface area (Å²) in [6, 6.07) is 7.26. The molecule has 1 aliphatic heterocycles. The van der Waals surface area contributed by atoms with Gasteiger partial charge in [0.1, 0.15) is 17.7 Å². The second-order valence-corrected chi connectivity index (χ2v) is 7.74. The van der Waals surface area contributed by atoms with Crippen molar-refractivity contribution in [3.8, 4) is 5.75 Å². The van der Waals surface area contributed by atoms with Gasteiger partial charge in [-0.15, -0.1) is 11.8 Å². The van der Waals surface area contributed by atoms with E-state index < -0.39 is 0 Å². The maximum atomic E-state index is 12.7. The van der Waals surface area contributed by atoms with Crippen LogP contribution in [0.4, 0.5) is 0 Å². The van der Waals surface area contributed by atoms with Gasteiger partial charge in [0.2, 0.25) is 5.91 Å². The maximum absolute atomic E-state index is 12.7. The molecule has 0 N–H and O–H groups in total. The van der Waals surface area contributed by atoms with E-state index in [-0.39, 0.29) is 23.4 Å². The quantitative estimate of drug-likeness (QED) is 0.755. The molecule has 2 aromatic rings. The molecule has 1 fully saturated rings. The third kappa shape index (κ3) is 3.90. The number of rotatable bonds is 4. The Hall–Kier alpha value is -1.80. The molecular weight excluding hydrogens is 406 g/mol. The molecular formula is C17H18BrN3O3S. The van der Waals surface area contributed by atoms with Gasteiger partial charge in [0, 0.05) is 24.1 Å². The van der Waals surface area contributed by atoms with E-state index >= 15 is 0 Å². The molecule has 1 aromatic heterocycles. The zero-order valence-electron chi connectivity index (χ0n) is 13.9. The van der Waals surface area contributed by atoms with Crippen molar-refractivity contribution in [1.82, 2.24) is 14.5 Å². The molecule has 1 unspecified atom stereocenters. The highest BCUT2D eigenvalue weighted by atomic mass is 79.9. The molecule has 8 heteroatoms. The predicted octanol–water partition coefficient (Wildman–Crippen LogP) is 2.60. The smallest absolute Gasteiger partial charge is 0.253 e. The molecule has 1 amide bonds. The second-order valence-electron chi connectivity index (χ2n) is 5.70. The number of halogens is 1. The van der Waals surface area contributed by atoms with Gasteiger partial charge in [-0.05, 0) is 40.5 Å². The molecule has 132 valence electrons. The Morgan fingerprint density at radius 3 is 2.92 bits per heavy atom. The van der Waals surface area contributed by atoms with Crippen molar-refractivity contribution in [2.45, 2.75) is 18.8 Å². The molecule has 1 aromatic carbocycles. The third-order valence-corrected chi connectivity index (χ3v) is 5.87. The van der Waals surface area contributed by atoms with Gasteiger partial charge in [0.05, 0.1) is 17.9 Å². The topological polar surface area (TPSA) is 64.4 Å². The average molecular weight is 424 g/mol. The lowest BCUT2D eigenvalue weighted by Crippen LogP contribution is -2.36. The van der Waals surface area contributed by atoms with E-state index in [4.69, 9.17) is 4.74 Å². The number of amides is 1. The number of aromatic nitrogens is 2. The number of hydrogen-bond donors (Lipinski definition) is 0. The number of methoxy groups -OCH3 is 1. The molecule has 6 nitrogen and oxygen atoms in total. The summed E-state index contributed by atoms with van der Waals surface area (Å²) in [4.78, 5) is 30.6. The zero-order valence-corrected chi connectivity index (χ0v) is 16.3. The number of nitrogens with zero attached hydrogens (tertiary/aromatic N) is 3. The highest BCUT2D eigenvalue weighted by molar-refractivity contribution is 9.10. The van der Waals surface area contributed by atoms with E-state index in [0.29, 0.717) is 12.2 Å². The lowest BCUT2D eigenvalue weighted by atomic mass is 10.2. The number of ether oxygens (including phenoxy) is 1. The van der Waals surface area contributed by atoms with E-state index in [2.05, 4.69) is 20.9 Å². The van der Waals surface area contributed by atoms with Crippen LogP contribution in [0.25, 0.3) is 0 Å². The molecule has 2 heterocycles. The predicted molar refractivity (Wildman–Crippen MR) is 101 cm³/mol. The van der Waals surface area contributed by atoms with Crippen LogP contribution < -0.4 is 10.3 Å². The van der Waals surface area contributed by atoms with Crippen LogP contribution in [0.3, 0.4) is 0 Å². The molecule has 0 bridgehead atoms. The van der Waals surface area contributed by atoms with E-state index in [1.807, 2.05) is 23.1 Å². The van der Waals surface area contributed by atoms with Crippen molar-refractivity contribution in [2.75, 3.05) is 19.4 Å². The molecule has 25 heavy (non-hydrogen) atoms. The highest BCUT2D eigenvalue weighted by Gasteiger charge is 2.31. The Labute approximate surface area is 158 Å². The summed E-state index contributed by atoms with van der Waals surface area (Å²) < 4.78 is 7.46. The van der Waals surface area contributed by atoms with Gasteiger partial charge in [-0.1, -0.05) is 6.07 Å². The van der Waals surface area contributed by atoms with E-state index in [1.165, 1.54) is 17.0 Å². The normalized spacial score (nSPS) is 16.9. The molecule has 1 saturated heterocycles. The Bertz CT molecular complexity index is 855. The lowest BCUT2D eigenvalue weighted by molar-refractivity contribution is -0.132. The van der Waals surface area contributed by atoms with Crippen molar-refractivity contribution in [3.05, 3.63) is 56.7 Å². The molecule has 1 atom stereocenters. The maximum Gasteiger partial charge on any atom is 0.253 e. The standard InChI is InChI=1S/C17H18BrN3O3S/c1-11-7-15(22)20(10-19-11)9-16(23)21-5-6-25-17(21)12-3-4-14(24-2)13(18)8-12/h3-4,7-8,10,17H,5-6,9H2,1-2H3. The Morgan fingerprint density at radius 1 is 1.44 bits per heavy atom. The minimum Gasteiger partial charge on any atom is -0.496 e. The minimum atomic E-state index is -0.212. The van der Waals surface area contributed by atoms with Crippen LogP contribution in [-0.2, 0) is 11.3 Å². The summed E-state index contributed by atoms with van der Waals surface area (Å²) in [5, 5.41) is -0.0659. The second kappa shape index (κ2) is 7.61. The van der Waals surface area contributed by atoms with Gasteiger partial charge in [0.15, 0.2) is 0 Å². The van der Waals surface area contributed by atoms with Crippen LogP contribution in [0.2, 0.25) is 0 Å². The molecule has 3 rings (SSSR count). The van der Waals surface area contributed by atoms with Gasteiger partial charge < -0.3 is 9.64 Å². The van der Waals surface area contributed by atoms with Crippen LogP contribution in [0.15, 0.2) is 39.9 Å². The number of carbonyl (C=O) groups excluding carboxylic acids is 1. The third-order valence-electron chi connectivity index (χ3n) is 3.99. The van der Waals surface area contributed by atoms with Crippen LogP contribution in [0.5, 0.6) is 5.75 Å². The first kappa shape index (κ1) is 18.0.